The Morgan fingerprint density at radius 2 is 1.00 bits per heavy atom. The fourth-order valence-electron chi connectivity index (χ4n) is 0.635. The van der Waals surface area contributed by atoms with E-state index in [0.717, 1.165) is 25.7 Å². The molecule has 0 aliphatic carbocycles. The van der Waals surface area contributed by atoms with Crippen LogP contribution < -0.4 is 0 Å². The molecule has 0 aliphatic heterocycles. The summed E-state index contributed by atoms with van der Waals surface area (Å²) in [4.78, 5) is 0. The van der Waals surface area contributed by atoms with Crippen molar-refractivity contribution in [3.05, 3.63) is 0 Å². The molecule has 0 heterocycles. The van der Waals surface area contributed by atoms with Crippen molar-refractivity contribution in [3.63, 3.8) is 0 Å². The SMILES string of the molecule is OCC(O)CO.OCCCCCCO. The van der Waals surface area contributed by atoms with E-state index >= 15 is 0 Å². The van der Waals surface area contributed by atoms with E-state index < -0.39 is 6.10 Å². The maximum absolute atomic E-state index is 8.30. The van der Waals surface area contributed by atoms with Crippen molar-refractivity contribution >= 4 is 0 Å². The zero-order valence-corrected chi connectivity index (χ0v) is 8.47. The third kappa shape index (κ3) is 17.8. The lowest BCUT2D eigenvalue weighted by Gasteiger charge is -1.96. The van der Waals surface area contributed by atoms with Gasteiger partial charge in [-0.2, -0.15) is 0 Å². The van der Waals surface area contributed by atoms with E-state index in [2.05, 4.69) is 0 Å². The molecule has 0 spiro atoms. The Morgan fingerprint density at radius 1 is 0.643 bits per heavy atom. The van der Waals surface area contributed by atoms with Gasteiger partial charge in [-0.25, -0.2) is 0 Å². The number of hydrogen-bond acceptors (Lipinski definition) is 5. The van der Waals surface area contributed by atoms with Gasteiger partial charge in [-0.05, 0) is 12.8 Å². The summed E-state index contributed by atoms with van der Waals surface area (Å²) in [5.74, 6) is 0. The van der Waals surface area contributed by atoms with Crippen LogP contribution in [0.4, 0.5) is 0 Å². The standard InChI is InChI=1S/C6H14O2.C3H8O3/c7-5-3-1-2-4-6-8;4-1-3(6)2-5/h7-8H,1-6H2;3-6H,1-2H2. The van der Waals surface area contributed by atoms with Gasteiger partial charge in [0.1, 0.15) is 6.10 Å². The first-order valence-electron chi connectivity index (χ1n) is 4.84. The average Bonchev–Trinajstić information content (AvgIpc) is 2.24. The smallest absolute Gasteiger partial charge is 0.100 e. The Morgan fingerprint density at radius 3 is 1.14 bits per heavy atom. The molecule has 0 saturated heterocycles. The molecule has 0 radical (unpaired) electrons. The molecule has 5 N–H and O–H groups in total. The zero-order chi connectivity index (χ0) is 11.2. The lowest BCUT2D eigenvalue weighted by atomic mass is 10.2. The molecule has 0 atom stereocenters. The third-order valence-electron chi connectivity index (χ3n) is 1.49. The summed E-state index contributed by atoms with van der Waals surface area (Å²) < 4.78 is 0. The van der Waals surface area contributed by atoms with Gasteiger partial charge in [0, 0.05) is 13.2 Å². The van der Waals surface area contributed by atoms with Gasteiger partial charge >= 0.3 is 0 Å². The van der Waals surface area contributed by atoms with Crippen LogP contribution in [0.15, 0.2) is 0 Å². The first-order valence-corrected chi connectivity index (χ1v) is 4.84. The fourth-order valence-corrected chi connectivity index (χ4v) is 0.635. The first kappa shape index (κ1) is 16.2. The summed E-state index contributed by atoms with van der Waals surface area (Å²) in [6.07, 6.45) is 2.87. The van der Waals surface area contributed by atoms with Gasteiger partial charge in [-0.3, -0.25) is 0 Å². The summed E-state index contributed by atoms with van der Waals surface area (Å²) in [5, 5.41) is 40.6. The predicted octanol–water partition coefficient (Wildman–Crippen LogP) is -1.14. The van der Waals surface area contributed by atoms with Crippen molar-refractivity contribution < 1.29 is 25.5 Å². The van der Waals surface area contributed by atoms with Gasteiger partial charge in [-0.1, -0.05) is 12.8 Å². The quantitative estimate of drug-likeness (QED) is 0.342. The minimum Gasteiger partial charge on any atom is -0.396 e. The normalized spacial score (nSPS) is 9.86. The van der Waals surface area contributed by atoms with Crippen molar-refractivity contribution in [1.29, 1.82) is 0 Å². The van der Waals surface area contributed by atoms with Crippen LogP contribution in [0.25, 0.3) is 0 Å². The van der Waals surface area contributed by atoms with Crippen LogP contribution in [-0.2, 0) is 0 Å². The highest BCUT2D eigenvalue weighted by atomic mass is 16.3. The van der Waals surface area contributed by atoms with Crippen LogP contribution in [0.1, 0.15) is 25.7 Å². The van der Waals surface area contributed by atoms with E-state index in [1.54, 1.807) is 0 Å². The van der Waals surface area contributed by atoms with Gasteiger partial charge in [0.05, 0.1) is 13.2 Å². The molecule has 14 heavy (non-hydrogen) atoms. The van der Waals surface area contributed by atoms with E-state index in [1.165, 1.54) is 0 Å². The van der Waals surface area contributed by atoms with Crippen molar-refractivity contribution in [2.75, 3.05) is 26.4 Å². The van der Waals surface area contributed by atoms with Crippen LogP contribution in [0.2, 0.25) is 0 Å². The van der Waals surface area contributed by atoms with E-state index in [0.29, 0.717) is 0 Å². The Bertz CT molecular complexity index is 79.3. The summed E-state index contributed by atoms with van der Waals surface area (Å²) in [6, 6.07) is 0. The van der Waals surface area contributed by atoms with Crippen molar-refractivity contribution in [2.24, 2.45) is 0 Å². The Labute approximate surface area is 84.6 Å². The van der Waals surface area contributed by atoms with Crippen LogP contribution in [0, 0.1) is 0 Å². The minimum atomic E-state index is -0.954. The second-order valence-electron chi connectivity index (χ2n) is 2.88. The summed E-state index contributed by atoms with van der Waals surface area (Å²) in [7, 11) is 0. The first-order chi connectivity index (χ1) is 6.72. The van der Waals surface area contributed by atoms with Crippen molar-refractivity contribution in [2.45, 2.75) is 31.8 Å². The van der Waals surface area contributed by atoms with Crippen LogP contribution in [0.5, 0.6) is 0 Å². The second kappa shape index (κ2) is 15.3. The Kier molecular flexibility index (Phi) is 17.7. The minimum absolute atomic E-state index is 0.283. The molecule has 0 fully saturated rings. The van der Waals surface area contributed by atoms with E-state index in [1.807, 2.05) is 0 Å². The summed E-state index contributed by atoms with van der Waals surface area (Å²) in [5.41, 5.74) is 0. The number of hydrogen-bond donors (Lipinski definition) is 5. The summed E-state index contributed by atoms with van der Waals surface area (Å²) >= 11 is 0. The van der Waals surface area contributed by atoms with Crippen LogP contribution in [0.3, 0.4) is 0 Å². The lowest BCUT2D eigenvalue weighted by Crippen LogP contribution is -2.15. The topological polar surface area (TPSA) is 101 Å². The molecule has 0 aromatic rings. The summed E-state index contributed by atoms with van der Waals surface area (Å²) in [6.45, 7) is -0.163. The molecule has 0 aliphatic rings. The zero-order valence-electron chi connectivity index (χ0n) is 8.47. The molecule has 0 bridgehead atoms. The van der Waals surface area contributed by atoms with Gasteiger partial charge < -0.3 is 25.5 Å². The largest absolute Gasteiger partial charge is 0.396 e. The Balaban J connectivity index is 0. The monoisotopic (exact) mass is 210 g/mol. The molecule has 5 heteroatoms. The molecule has 0 amide bonds. The van der Waals surface area contributed by atoms with E-state index in [4.69, 9.17) is 25.5 Å². The molecule has 0 saturated carbocycles. The molecule has 0 rings (SSSR count). The molecular weight excluding hydrogens is 188 g/mol. The number of aliphatic hydroxyl groups excluding tert-OH is 5. The maximum atomic E-state index is 8.30. The molecule has 0 aromatic heterocycles. The van der Waals surface area contributed by atoms with Gasteiger partial charge in [-0.15, -0.1) is 0 Å². The molecule has 0 aromatic carbocycles. The van der Waals surface area contributed by atoms with Crippen molar-refractivity contribution in [3.8, 4) is 0 Å². The highest BCUT2D eigenvalue weighted by molar-refractivity contribution is 4.44. The fraction of sp³-hybridized carbons (Fsp3) is 1.00. The molecule has 0 unspecified atom stereocenters. The van der Waals surface area contributed by atoms with Gasteiger partial charge in [0.25, 0.3) is 0 Å². The van der Waals surface area contributed by atoms with Gasteiger partial charge in [0.15, 0.2) is 0 Å². The van der Waals surface area contributed by atoms with E-state index in [-0.39, 0.29) is 26.4 Å². The lowest BCUT2D eigenvalue weighted by molar-refractivity contribution is 0.0450. The van der Waals surface area contributed by atoms with Crippen LogP contribution in [-0.4, -0.2) is 58.1 Å². The number of rotatable bonds is 7. The molecular formula is C9H22O5. The van der Waals surface area contributed by atoms with Crippen LogP contribution >= 0.6 is 0 Å². The second-order valence-corrected chi connectivity index (χ2v) is 2.88. The van der Waals surface area contributed by atoms with Gasteiger partial charge in [0.2, 0.25) is 0 Å². The van der Waals surface area contributed by atoms with Crippen molar-refractivity contribution in [1.82, 2.24) is 0 Å². The maximum Gasteiger partial charge on any atom is 0.100 e. The van der Waals surface area contributed by atoms with E-state index in [9.17, 15) is 0 Å². The molecule has 5 nitrogen and oxygen atoms in total. The number of aliphatic hydroxyl groups is 5. The highest BCUT2D eigenvalue weighted by Crippen LogP contribution is 1.96. The Hall–Kier alpha value is -0.200. The molecule has 88 valence electrons. The predicted molar refractivity (Wildman–Crippen MR) is 52.8 cm³/mol. The average molecular weight is 210 g/mol. The third-order valence-corrected chi connectivity index (χ3v) is 1.49. The highest BCUT2D eigenvalue weighted by Gasteiger charge is 1.93. The number of unbranched alkanes of at least 4 members (excludes halogenated alkanes) is 3.